The molecule has 3 aromatic carbocycles. The van der Waals surface area contributed by atoms with Gasteiger partial charge >= 0.3 is 0 Å². The number of furan rings is 1. The van der Waals surface area contributed by atoms with E-state index in [1.807, 2.05) is 56.3 Å². The van der Waals surface area contributed by atoms with Crippen LogP contribution in [-0.2, 0) is 9.59 Å². The Kier molecular flexibility index (Phi) is 6.75. The lowest BCUT2D eigenvalue weighted by Gasteiger charge is -2.24. The molecule has 0 bridgehead atoms. The lowest BCUT2D eigenvalue weighted by Crippen LogP contribution is -2.29. The van der Waals surface area contributed by atoms with Crippen LogP contribution in [0.15, 0.2) is 101 Å². The zero-order valence-electron chi connectivity index (χ0n) is 21.3. The summed E-state index contributed by atoms with van der Waals surface area (Å²) < 4.78 is 11.1. The molecule has 1 fully saturated rings. The molecule has 1 aliphatic rings. The number of carbonyl (C=O) groups excluding carboxylic acids is 2. The number of nitrogens with zero attached hydrogens (tertiary/aromatic N) is 1. The van der Waals surface area contributed by atoms with Crippen molar-refractivity contribution in [3.8, 4) is 5.75 Å². The standard InChI is InChI=1S/C31H28N2O5/c1-19(2)24-18-20(11-16-25(24)37-3)29(34)27-28(26-10-7-17-38-26)33(31(36)30(27)35)23-14-12-22(13-15-23)32-21-8-5-4-6-9-21/h4-19,28,32,34H,1-3H3/b29-27-. The van der Waals surface area contributed by atoms with Gasteiger partial charge in [-0.3, -0.25) is 14.5 Å². The smallest absolute Gasteiger partial charge is 0.300 e. The number of rotatable bonds is 7. The summed E-state index contributed by atoms with van der Waals surface area (Å²) in [6.07, 6.45) is 1.48. The van der Waals surface area contributed by atoms with Gasteiger partial charge in [0.05, 0.1) is 18.9 Å². The van der Waals surface area contributed by atoms with Gasteiger partial charge in [-0.25, -0.2) is 0 Å². The molecule has 0 saturated carbocycles. The SMILES string of the molecule is COc1ccc(/C(O)=C2/C(=O)C(=O)N(c3ccc(Nc4ccccc4)cc3)C2c2ccco2)cc1C(C)C. The minimum Gasteiger partial charge on any atom is -0.507 e. The maximum Gasteiger partial charge on any atom is 0.300 e. The molecule has 192 valence electrons. The lowest BCUT2D eigenvalue weighted by atomic mass is 9.95. The zero-order chi connectivity index (χ0) is 26.8. The maximum atomic E-state index is 13.4. The molecule has 2 N–H and O–H groups in total. The Labute approximate surface area is 221 Å². The molecule has 1 aromatic heterocycles. The molecule has 1 amide bonds. The average molecular weight is 509 g/mol. The molecule has 1 unspecified atom stereocenters. The molecule has 1 saturated heterocycles. The second kappa shape index (κ2) is 10.3. The van der Waals surface area contributed by atoms with Crippen molar-refractivity contribution in [3.05, 3.63) is 114 Å². The van der Waals surface area contributed by atoms with Crippen LogP contribution in [0.2, 0.25) is 0 Å². The highest BCUT2D eigenvalue weighted by Crippen LogP contribution is 2.43. The topological polar surface area (TPSA) is 92.0 Å². The third kappa shape index (κ3) is 4.54. The van der Waals surface area contributed by atoms with Crippen molar-refractivity contribution in [2.45, 2.75) is 25.8 Å². The van der Waals surface area contributed by atoms with E-state index in [-0.39, 0.29) is 17.3 Å². The summed E-state index contributed by atoms with van der Waals surface area (Å²) in [4.78, 5) is 28.1. The fraction of sp³-hybridized carbons (Fsp3) is 0.161. The van der Waals surface area contributed by atoms with Gasteiger partial charge in [0.2, 0.25) is 0 Å². The number of methoxy groups -OCH3 is 1. The molecule has 1 aliphatic heterocycles. The fourth-order valence-corrected chi connectivity index (χ4v) is 4.70. The van der Waals surface area contributed by atoms with E-state index >= 15 is 0 Å². The van der Waals surface area contributed by atoms with Crippen molar-refractivity contribution in [2.24, 2.45) is 0 Å². The number of ketones is 1. The summed E-state index contributed by atoms with van der Waals surface area (Å²) in [6.45, 7) is 4.03. The molecule has 7 heteroatoms. The van der Waals surface area contributed by atoms with Crippen molar-refractivity contribution >= 4 is 34.5 Å². The van der Waals surface area contributed by atoms with E-state index in [0.717, 1.165) is 16.9 Å². The first-order valence-electron chi connectivity index (χ1n) is 12.3. The number of benzene rings is 3. The van der Waals surface area contributed by atoms with E-state index in [4.69, 9.17) is 9.15 Å². The largest absolute Gasteiger partial charge is 0.507 e. The highest BCUT2D eigenvalue weighted by atomic mass is 16.5. The lowest BCUT2D eigenvalue weighted by molar-refractivity contribution is -0.132. The molecule has 4 aromatic rings. The minimum absolute atomic E-state index is 0.0312. The molecule has 2 heterocycles. The van der Waals surface area contributed by atoms with Crippen LogP contribution in [0.25, 0.3) is 5.76 Å². The van der Waals surface area contributed by atoms with Crippen LogP contribution in [0.1, 0.15) is 42.7 Å². The number of nitrogens with one attached hydrogen (secondary N) is 1. The number of para-hydroxylation sites is 1. The first-order valence-corrected chi connectivity index (χ1v) is 12.3. The first-order chi connectivity index (χ1) is 18.4. The van der Waals surface area contributed by atoms with Gasteiger partial charge in [-0.1, -0.05) is 32.0 Å². The van der Waals surface area contributed by atoms with E-state index in [2.05, 4.69) is 5.32 Å². The Bertz CT molecular complexity index is 1490. The molecular formula is C31H28N2O5. The number of carbonyl (C=O) groups is 2. The van der Waals surface area contributed by atoms with E-state index in [1.54, 1.807) is 49.6 Å². The summed E-state index contributed by atoms with van der Waals surface area (Å²) in [6, 6.07) is 24.6. The summed E-state index contributed by atoms with van der Waals surface area (Å²) in [5.41, 5.74) is 3.52. The van der Waals surface area contributed by atoms with Crippen LogP contribution in [0.4, 0.5) is 17.1 Å². The van der Waals surface area contributed by atoms with E-state index in [0.29, 0.717) is 22.8 Å². The minimum atomic E-state index is -0.928. The number of Topliss-reactive ketones (excluding diaryl/α,β-unsaturated/α-hetero) is 1. The fourth-order valence-electron chi connectivity index (χ4n) is 4.70. The molecule has 0 radical (unpaired) electrons. The monoisotopic (exact) mass is 508 g/mol. The Morgan fingerprint density at radius 1 is 0.947 bits per heavy atom. The molecule has 38 heavy (non-hydrogen) atoms. The Morgan fingerprint density at radius 2 is 1.66 bits per heavy atom. The van der Waals surface area contributed by atoms with Gasteiger partial charge in [-0.2, -0.15) is 0 Å². The van der Waals surface area contributed by atoms with E-state index in [9.17, 15) is 14.7 Å². The Morgan fingerprint density at radius 3 is 2.29 bits per heavy atom. The Hall–Kier alpha value is -4.78. The first kappa shape index (κ1) is 24.9. The van der Waals surface area contributed by atoms with E-state index < -0.39 is 17.7 Å². The predicted octanol–water partition coefficient (Wildman–Crippen LogP) is 6.78. The number of ether oxygens (including phenoxy) is 1. The van der Waals surface area contributed by atoms with Crippen LogP contribution >= 0.6 is 0 Å². The quantitative estimate of drug-likeness (QED) is 0.162. The highest BCUT2D eigenvalue weighted by Gasteiger charge is 2.48. The molecule has 7 nitrogen and oxygen atoms in total. The molecule has 5 rings (SSSR count). The van der Waals surface area contributed by atoms with Gasteiger partial charge in [0.25, 0.3) is 11.7 Å². The number of hydrogen-bond donors (Lipinski definition) is 2. The number of aliphatic hydroxyl groups is 1. The summed E-state index contributed by atoms with van der Waals surface area (Å²) in [5.74, 6) is -0.617. The third-order valence-electron chi connectivity index (χ3n) is 6.59. The van der Waals surface area contributed by atoms with E-state index in [1.165, 1.54) is 11.2 Å². The second-order valence-corrected chi connectivity index (χ2v) is 9.33. The van der Waals surface area contributed by atoms with Crippen molar-refractivity contribution in [2.75, 3.05) is 17.3 Å². The van der Waals surface area contributed by atoms with Gasteiger partial charge in [-0.15, -0.1) is 0 Å². The molecular weight excluding hydrogens is 480 g/mol. The van der Waals surface area contributed by atoms with Gasteiger partial charge in [0.15, 0.2) is 0 Å². The van der Waals surface area contributed by atoms with Gasteiger partial charge < -0.3 is 19.6 Å². The highest BCUT2D eigenvalue weighted by molar-refractivity contribution is 6.51. The number of hydrogen-bond acceptors (Lipinski definition) is 6. The molecule has 1 atom stereocenters. The van der Waals surface area contributed by atoms with Crippen molar-refractivity contribution in [1.29, 1.82) is 0 Å². The van der Waals surface area contributed by atoms with Crippen LogP contribution in [0.3, 0.4) is 0 Å². The van der Waals surface area contributed by atoms with Crippen LogP contribution in [-0.4, -0.2) is 23.9 Å². The summed E-state index contributed by atoms with van der Waals surface area (Å²) in [5, 5.41) is 14.7. The van der Waals surface area contributed by atoms with Crippen LogP contribution in [0.5, 0.6) is 5.75 Å². The van der Waals surface area contributed by atoms with Gasteiger partial charge in [-0.05, 0) is 78.2 Å². The van der Waals surface area contributed by atoms with Crippen molar-refractivity contribution in [1.82, 2.24) is 0 Å². The van der Waals surface area contributed by atoms with Crippen molar-refractivity contribution < 1.29 is 23.8 Å². The number of aliphatic hydroxyl groups excluding tert-OH is 1. The number of amides is 1. The molecule has 0 spiro atoms. The number of anilines is 3. The summed E-state index contributed by atoms with van der Waals surface area (Å²) >= 11 is 0. The average Bonchev–Trinajstić information content (AvgIpc) is 3.56. The Balaban J connectivity index is 1.57. The van der Waals surface area contributed by atoms with Crippen molar-refractivity contribution in [3.63, 3.8) is 0 Å². The van der Waals surface area contributed by atoms with Gasteiger partial charge in [0.1, 0.15) is 23.3 Å². The van der Waals surface area contributed by atoms with Crippen LogP contribution < -0.4 is 15.0 Å². The normalized spacial score (nSPS) is 16.7. The summed E-state index contributed by atoms with van der Waals surface area (Å²) in [7, 11) is 1.59. The van der Waals surface area contributed by atoms with Gasteiger partial charge in [0, 0.05) is 22.6 Å². The maximum absolute atomic E-state index is 13.4. The second-order valence-electron chi connectivity index (χ2n) is 9.33. The zero-order valence-corrected chi connectivity index (χ0v) is 21.3. The van der Waals surface area contributed by atoms with Crippen LogP contribution in [0, 0.1) is 0 Å². The predicted molar refractivity (Wildman–Crippen MR) is 147 cm³/mol. The molecule has 0 aliphatic carbocycles. The third-order valence-corrected chi connectivity index (χ3v) is 6.59.